The number of rotatable bonds is 2. The van der Waals surface area contributed by atoms with E-state index in [0.717, 1.165) is 10.2 Å². The average molecular weight is 297 g/mol. The molecule has 0 aliphatic heterocycles. The molecule has 0 N–H and O–H groups in total. The van der Waals surface area contributed by atoms with E-state index in [9.17, 15) is 4.79 Å². The highest BCUT2D eigenvalue weighted by Gasteiger charge is 2.12. The van der Waals surface area contributed by atoms with Gasteiger partial charge in [0.05, 0.1) is 12.8 Å². The van der Waals surface area contributed by atoms with Gasteiger partial charge in [0, 0.05) is 4.47 Å². The van der Waals surface area contributed by atoms with Gasteiger partial charge in [-0.1, -0.05) is 0 Å². The van der Waals surface area contributed by atoms with Crippen molar-refractivity contribution >= 4 is 21.9 Å². The molecule has 2 rings (SSSR count). The molecule has 0 unspecified atom stereocenters. The molecule has 2 aromatic rings. The summed E-state index contributed by atoms with van der Waals surface area (Å²) in [4.78, 5) is 19.3. The van der Waals surface area contributed by atoms with Gasteiger partial charge in [-0.15, -0.1) is 5.10 Å². The van der Waals surface area contributed by atoms with Crippen LogP contribution in [0.25, 0.3) is 5.82 Å². The molecule has 17 heavy (non-hydrogen) atoms. The number of halogens is 1. The van der Waals surface area contributed by atoms with Gasteiger partial charge in [-0.25, -0.2) is 19.4 Å². The number of pyridine rings is 1. The van der Waals surface area contributed by atoms with E-state index in [1.165, 1.54) is 18.1 Å². The minimum absolute atomic E-state index is 0.00914. The van der Waals surface area contributed by atoms with Gasteiger partial charge in [-0.3, -0.25) is 0 Å². The largest absolute Gasteiger partial charge is 0.463 e. The van der Waals surface area contributed by atoms with Gasteiger partial charge in [0.2, 0.25) is 0 Å². The number of nitrogens with zero attached hydrogens (tertiary/aromatic N) is 4. The van der Waals surface area contributed by atoms with Crippen molar-refractivity contribution in [3.05, 3.63) is 34.5 Å². The highest BCUT2D eigenvalue weighted by molar-refractivity contribution is 9.10. The van der Waals surface area contributed by atoms with Crippen molar-refractivity contribution in [1.29, 1.82) is 0 Å². The summed E-state index contributed by atoms with van der Waals surface area (Å²) in [7, 11) is 1.28. The zero-order valence-electron chi connectivity index (χ0n) is 9.22. The number of esters is 1. The first-order chi connectivity index (χ1) is 8.11. The standard InChI is InChI=1S/C10H9BrN4O2/c1-6-7(11)3-4-8(13-6)15-5-12-9(14-15)10(16)17-2/h3-5H,1-2H3. The van der Waals surface area contributed by atoms with E-state index in [0.29, 0.717) is 5.82 Å². The summed E-state index contributed by atoms with van der Waals surface area (Å²) < 4.78 is 6.86. The van der Waals surface area contributed by atoms with E-state index >= 15 is 0 Å². The lowest BCUT2D eigenvalue weighted by Gasteiger charge is -2.01. The fourth-order valence-corrected chi connectivity index (χ4v) is 1.44. The molecule has 0 aromatic carbocycles. The lowest BCUT2D eigenvalue weighted by atomic mass is 10.4. The minimum atomic E-state index is -0.572. The number of methoxy groups -OCH3 is 1. The monoisotopic (exact) mass is 296 g/mol. The maximum atomic E-state index is 11.2. The fourth-order valence-electron chi connectivity index (χ4n) is 1.22. The maximum Gasteiger partial charge on any atom is 0.377 e. The molecule has 0 saturated heterocycles. The first-order valence-electron chi connectivity index (χ1n) is 4.75. The third-order valence-electron chi connectivity index (χ3n) is 2.10. The first-order valence-corrected chi connectivity index (χ1v) is 5.54. The van der Waals surface area contributed by atoms with Gasteiger partial charge in [-0.2, -0.15) is 0 Å². The highest BCUT2D eigenvalue weighted by atomic mass is 79.9. The predicted octanol–water partition coefficient (Wildman–Crippen LogP) is 1.52. The molecule has 0 fully saturated rings. The molecule has 0 radical (unpaired) electrons. The molecule has 7 heteroatoms. The third-order valence-corrected chi connectivity index (χ3v) is 2.94. The molecule has 88 valence electrons. The van der Waals surface area contributed by atoms with Crippen molar-refractivity contribution in [1.82, 2.24) is 19.7 Å². The zero-order chi connectivity index (χ0) is 12.4. The lowest BCUT2D eigenvalue weighted by Crippen LogP contribution is -2.06. The van der Waals surface area contributed by atoms with Crippen LogP contribution in [-0.4, -0.2) is 32.8 Å². The quantitative estimate of drug-likeness (QED) is 0.786. The van der Waals surface area contributed by atoms with Crippen molar-refractivity contribution in [2.24, 2.45) is 0 Å². The van der Waals surface area contributed by atoms with E-state index in [-0.39, 0.29) is 5.82 Å². The second-order valence-corrected chi connectivity index (χ2v) is 4.10. The van der Waals surface area contributed by atoms with E-state index in [1.54, 1.807) is 6.07 Å². The predicted molar refractivity (Wildman–Crippen MR) is 62.9 cm³/mol. The summed E-state index contributed by atoms with van der Waals surface area (Å²) in [6, 6.07) is 3.63. The fraction of sp³-hybridized carbons (Fsp3) is 0.200. The van der Waals surface area contributed by atoms with Crippen LogP contribution in [0.3, 0.4) is 0 Å². The van der Waals surface area contributed by atoms with E-state index in [1.807, 2.05) is 13.0 Å². The molecule has 0 atom stereocenters. The number of hydrogen-bond acceptors (Lipinski definition) is 5. The Kier molecular flexibility index (Phi) is 3.19. The Morgan fingerprint density at radius 2 is 2.24 bits per heavy atom. The van der Waals surface area contributed by atoms with Crippen LogP contribution in [0.4, 0.5) is 0 Å². The number of carbonyl (C=O) groups is 1. The number of carbonyl (C=O) groups excluding carboxylic acids is 1. The van der Waals surface area contributed by atoms with Gasteiger partial charge in [0.1, 0.15) is 6.33 Å². The van der Waals surface area contributed by atoms with Gasteiger partial charge in [-0.05, 0) is 35.0 Å². The zero-order valence-corrected chi connectivity index (χ0v) is 10.8. The third kappa shape index (κ3) is 2.33. The second kappa shape index (κ2) is 4.62. The number of hydrogen-bond donors (Lipinski definition) is 0. The topological polar surface area (TPSA) is 69.9 Å². The number of aryl methyl sites for hydroxylation is 1. The highest BCUT2D eigenvalue weighted by Crippen LogP contribution is 2.15. The average Bonchev–Trinajstić information content (AvgIpc) is 2.81. The molecule has 0 aliphatic carbocycles. The Labute approximate surface area is 106 Å². The number of ether oxygens (including phenoxy) is 1. The van der Waals surface area contributed by atoms with Crippen LogP contribution in [0.2, 0.25) is 0 Å². The Balaban J connectivity index is 2.37. The molecule has 0 saturated carbocycles. The minimum Gasteiger partial charge on any atom is -0.463 e. The van der Waals surface area contributed by atoms with Crippen LogP contribution < -0.4 is 0 Å². The van der Waals surface area contributed by atoms with Crippen LogP contribution >= 0.6 is 15.9 Å². The molecule has 6 nitrogen and oxygen atoms in total. The summed E-state index contributed by atoms with van der Waals surface area (Å²) in [5.74, 6) is 0.0285. The van der Waals surface area contributed by atoms with Crippen LogP contribution in [-0.2, 0) is 4.74 Å². The van der Waals surface area contributed by atoms with Crippen LogP contribution in [0.5, 0.6) is 0 Å². The smallest absolute Gasteiger partial charge is 0.377 e. The molecule has 2 heterocycles. The molecular weight excluding hydrogens is 288 g/mol. The Morgan fingerprint density at radius 3 is 2.88 bits per heavy atom. The molecule has 0 amide bonds. The Morgan fingerprint density at radius 1 is 1.47 bits per heavy atom. The van der Waals surface area contributed by atoms with Gasteiger partial charge >= 0.3 is 5.97 Å². The van der Waals surface area contributed by atoms with Crippen molar-refractivity contribution in [3.8, 4) is 5.82 Å². The van der Waals surface area contributed by atoms with Gasteiger partial charge < -0.3 is 4.74 Å². The molecule has 0 aliphatic rings. The van der Waals surface area contributed by atoms with Crippen LogP contribution in [0.1, 0.15) is 16.3 Å². The summed E-state index contributed by atoms with van der Waals surface area (Å²) >= 11 is 3.36. The van der Waals surface area contributed by atoms with Crippen molar-refractivity contribution in [2.75, 3.05) is 7.11 Å². The molecular formula is C10H9BrN4O2. The van der Waals surface area contributed by atoms with E-state index < -0.39 is 5.97 Å². The van der Waals surface area contributed by atoms with Crippen molar-refractivity contribution in [3.63, 3.8) is 0 Å². The molecule has 2 aromatic heterocycles. The SMILES string of the molecule is COC(=O)c1ncn(-c2ccc(Br)c(C)n2)n1. The van der Waals surface area contributed by atoms with Gasteiger partial charge in [0.15, 0.2) is 5.82 Å². The summed E-state index contributed by atoms with van der Waals surface area (Å²) in [6.07, 6.45) is 1.42. The Bertz CT molecular complexity index is 567. The van der Waals surface area contributed by atoms with Crippen LogP contribution in [0, 0.1) is 6.92 Å². The van der Waals surface area contributed by atoms with Crippen molar-refractivity contribution in [2.45, 2.75) is 6.92 Å². The second-order valence-electron chi connectivity index (χ2n) is 3.24. The van der Waals surface area contributed by atoms with Crippen molar-refractivity contribution < 1.29 is 9.53 Å². The van der Waals surface area contributed by atoms with Gasteiger partial charge in [0.25, 0.3) is 5.82 Å². The first kappa shape index (κ1) is 11.7. The summed E-state index contributed by atoms with van der Waals surface area (Å²) in [5, 5.41) is 3.98. The lowest BCUT2D eigenvalue weighted by molar-refractivity contribution is 0.0587. The number of aromatic nitrogens is 4. The van der Waals surface area contributed by atoms with E-state index in [4.69, 9.17) is 0 Å². The normalized spacial score (nSPS) is 10.3. The maximum absolute atomic E-state index is 11.2. The van der Waals surface area contributed by atoms with Crippen LogP contribution in [0.15, 0.2) is 22.9 Å². The molecule has 0 spiro atoms. The summed E-state index contributed by atoms with van der Waals surface area (Å²) in [5.41, 5.74) is 0.831. The molecule has 0 bridgehead atoms. The van der Waals surface area contributed by atoms with E-state index in [2.05, 4.69) is 35.7 Å². The summed E-state index contributed by atoms with van der Waals surface area (Å²) in [6.45, 7) is 1.87. The Hall–Kier alpha value is -1.76.